The fourth-order valence-electron chi connectivity index (χ4n) is 1.90. The minimum absolute atomic E-state index is 0.0501. The van der Waals surface area contributed by atoms with Crippen molar-refractivity contribution in [1.29, 1.82) is 0 Å². The second-order valence-corrected chi connectivity index (χ2v) is 6.34. The number of hydrogen-bond donors (Lipinski definition) is 1. The quantitative estimate of drug-likeness (QED) is 0.676. The van der Waals surface area contributed by atoms with Gasteiger partial charge in [0.15, 0.2) is 5.78 Å². The molecule has 2 amide bonds. The Kier molecular flexibility index (Phi) is 5.76. The molecule has 0 fully saturated rings. The first-order chi connectivity index (χ1) is 11.4. The molecule has 24 heavy (non-hydrogen) atoms. The van der Waals surface area contributed by atoms with E-state index in [0.29, 0.717) is 21.7 Å². The molecule has 2 aromatic carbocycles. The van der Waals surface area contributed by atoms with Crippen LogP contribution in [0.25, 0.3) is 0 Å². The molecule has 0 unspecified atom stereocenters. The Bertz CT molecular complexity index is 770. The molecular formula is C18H18N2O3S. The Labute approximate surface area is 145 Å². The number of nitrogens with one attached hydrogen (secondary N) is 1. The fraction of sp³-hybridized carbons (Fsp3) is 0.167. The van der Waals surface area contributed by atoms with Crippen LogP contribution in [-0.4, -0.2) is 35.9 Å². The van der Waals surface area contributed by atoms with E-state index < -0.39 is 0 Å². The summed E-state index contributed by atoms with van der Waals surface area (Å²) in [6.07, 6.45) is 0. The SMILES string of the molecule is CC(=O)c1ccc(C(=O)Nc2ccccc2SC(=O)N(C)C)cc1. The zero-order valence-electron chi connectivity index (χ0n) is 13.7. The third-order valence-corrected chi connectivity index (χ3v) is 4.37. The summed E-state index contributed by atoms with van der Waals surface area (Å²) >= 11 is 1.05. The lowest BCUT2D eigenvalue weighted by molar-refractivity contribution is 0.100. The van der Waals surface area contributed by atoms with Gasteiger partial charge in [-0.25, -0.2) is 0 Å². The number of Topliss-reactive ketones (excluding diaryl/α,β-unsaturated/α-hetero) is 1. The molecular weight excluding hydrogens is 324 g/mol. The van der Waals surface area contributed by atoms with Gasteiger partial charge in [-0.2, -0.15) is 0 Å². The predicted molar refractivity (Wildman–Crippen MR) is 95.8 cm³/mol. The maximum Gasteiger partial charge on any atom is 0.286 e. The van der Waals surface area contributed by atoms with Crippen molar-refractivity contribution >= 4 is 34.4 Å². The molecule has 0 atom stereocenters. The molecule has 0 aliphatic carbocycles. The molecule has 0 saturated carbocycles. The van der Waals surface area contributed by atoms with Crippen LogP contribution in [0.4, 0.5) is 10.5 Å². The minimum Gasteiger partial charge on any atom is -0.339 e. The summed E-state index contributed by atoms with van der Waals surface area (Å²) in [5, 5.41) is 2.68. The van der Waals surface area contributed by atoms with Gasteiger partial charge in [-0.3, -0.25) is 14.4 Å². The third kappa shape index (κ3) is 4.45. The Hall–Kier alpha value is -2.60. The van der Waals surface area contributed by atoms with E-state index in [0.717, 1.165) is 11.8 Å². The fourth-order valence-corrected chi connectivity index (χ4v) is 2.64. The van der Waals surface area contributed by atoms with Crippen molar-refractivity contribution in [2.75, 3.05) is 19.4 Å². The summed E-state index contributed by atoms with van der Waals surface area (Å²) in [5.41, 5.74) is 1.57. The monoisotopic (exact) mass is 342 g/mol. The van der Waals surface area contributed by atoms with Crippen LogP contribution in [0.5, 0.6) is 0 Å². The first kappa shape index (κ1) is 17.7. The number of thioether (sulfide) groups is 1. The van der Waals surface area contributed by atoms with E-state index in [9.17, 15) is 14.4 Å². The van der Waals surface area contributed by atoms with E-state index in [-0.39, 0.29) is 16.9 Å². The molecule has 6 heteroatoms. The van der Waals surface area contributed by atoms with E-state index in [1.165, 1.54) is 11.8 Å². The maximum atomic E-state index is 12.4. The van der Waals surface area contributed by atoms with Gasteiger partial charge in [-0.05, 0) is 43.0 Å². The standard InChI is InChI=1S/C18H18N2O3S/c1-12(21)13-8-10-14(11-9-13)17(22)19-15-6-4-5-7-16(15)24-18(23)20(2)3/h4-11H,1-3H3,(H,19,22). The summed E-state index contributed by atoms with van der Waals surface area (Å²) in [5.74, 6) is -0.346. The van der Waals surface area contributed by atoms with Crippen LogP contribution in [0.2, 0.25) is 0 Å². The first-order valence-electron chi connectivity index (χ1n) is 7.29. The number of carbonyl (C=O) groups excluding carboxylic acids is 3. The Balaban J connectivity index is 2.17. The number of hydrogen-bond acceptors (Lipinski definition) is 4. The highest BCUT2D eigenvalue weighted by molar-refractivity contribution is 8.13. The number of nitrogens with zero attached hydrogens (tertiary/aromatic N) is 1. The predicted octanol–water partition coefficient (Wildman–Crippen LogP) is 3.92. The van der Waals surface area contributed by atoms with Gasteiger partial charge in [0.1, 0.15) is 0 Å². The van der Waals surface area contributed by atoms with E-state index in [1.54, 1.807) is 56.6 Å². The smallest absolute Gasteiger partial charge is 0.286 e. The molecule has 0 radical (unpaired) electrons. The summed E-state index contributed by atoms with van der Waals surface area (Å²) in [7, 11) is 3.35. The molecule has 1 N–H and O–H groups in total. The lowest BCUT2D eigenvalue weighted by Crippen LogP contribution is -2.17. The second-order valence-electron chi connectivity index (χ2n) is 5.35. The molecule has 0 saturated heterocycles. The second kappa shape index (κ2) is 7.79. The van der Waals surface area contributed by atoms with Crippen LogP contribution in [0.3, 0.4) is 0 Å². The Morgan fingerprint density at radius 3 is 2.08 bits per heavy atom. The van der Waals surface area contributed by atoms with Crippen molar-refractivity contribution in [3.05, 3.63) is 59.7 Å². The number of carbonyl (C=O) groups is 3. The lowest BCUT2D eigenvalue weighted by Gasteiger charge is -2.13. The number of ketones is 1. The van der Waals surface area contributed by atoms with Gasteiger partial charge < -0.3 is 10.2 Å². The summed E-state index contributed by atoms with van der Waals surface area (Å²) < 4.78 is 0. The van der Waals surface area contributed by atoms with Crippen LogP contribution in [0.15, 0.2) is 53.4 Å². The molecule has 0 spiro atoms. The van der Waals surface area contributed by atoms with E-state index >= 15 is 0 Å². The maximum absolute atomic E-state index is 12.4. The van der Waals surface area contributed by atoms with Gasteiger partial charge in [-0.15, -0.1) is 0 Å². The van der Waals surface area contributed by atoms with Gasteiger partial charge in [0.25, 0.3) is 11.1 Å². The van der Waals surface area contributed by atoms with E-state index in [4.69, 9.17) is 0 Å². The number of anilines is 1. The average molecular weight is 342 g/mol. The molecule has 124 valence electrons. The van der Waals surface area contributed by atoms with Gasteiger partial charge >= 0.3 is 0 Å². The normalized spacial score (nSPS) is 10.1. The number of benzene rings is 2. The van der Waals surface area contributed by atoms with Crippen molar-refractivity contribution in [3.63, 3.8) is 0 Å². The van der Waals surface area contributed by atoms with Crippen molar-refractivity contribution in [1.82, 2.24) is 4.90 Å². The largest absolute Gasteiger partial charge is 0.339 e. The van der Waals surface area contributed by atoms with Gasteiger partial charge in [-0.1, -0.05) is 24.3 Å². The van der Waals surface area contributed by atoms with E-state index in [1.807, 2.05) is 6.07 Å². The highest BCUT2D eigenvalue weighted by Crippen LogP contribution is 2.29. The van der Waals surface area contributed by atoms with Crippen LogP contribution < -0.4 is 5.32 Å². The van der Waals surface area contributed by atoms with Crippen molar-refractivity contribution in [3.8, 4) is 0 Å². The lowest BCUT2D eigenvalue weighted by atomic mass is 10.1. The van der Waals surface area contributed by atoms with Crippen LogP contribution in [0, 0.1) is 0 Å². The Morgan fingerprint density at radius 2 is 1.50 bits per heavy atom. The molecule has 0 aliphatic rings. The zero-order valence-corrected chi connectivity index (χ0v) is 14.5. The number of para-hydroxylation sites is 1. The molecule has 2 aromatic rings. The molecule has 0 aliphatic heterocycles. The van der Waals surface area contributed by atoms with Crippen molar-refractivity contribution in [2.45, 2.75) is 11.8 Å². The summed E-state index contributed by atoms with van der Waals surface area (Å²) in [6, 6.07) is 13.6. The van der Waals surface area contributed by atoms with E-state index in [2.05, 4.69) is 5.32 Å². The summed E-state index contributed by atoms with van der Waals surface area (Å²) in [4.78, 5) is 37.7. The average Bonchev–Trinajstić information content (AvgIpc) is 2.56. The highest BCUT2D eigenvalue weighted by atomic mass is 32.2. The van der Waals surface area contributed by atoms with Gasteiger partial charge in [0.05, 0.1) is 5.69 Å². The van der Waals surface area contributed by atoms with Crippen molar-refractivity contribution < 1.29 is 14.4 Å². The zero-order chi connectivity index (χ0) is 17.7. The molecule has 5 nitrogen and oxygen atoms in total. The minimum atomic E-state index is -0.296. The number of rotatable bonds is 4. The number of amides is 2. The van der Waals surface area contributed by atoms with Crippen molar-refractivity contribution in [2.24, 2.45) is 0 Å². The summed E-state index contributed by atoms with van der Waals surface area (Å²) in [6.45, 7) is 1.48. The topological polar surface area (TPSA) is 66.5 Å². The third-order valence-electron chi connectivity index (χ3n) is 3.25. The highest BCUT2D eigenvalue weighted by Gasteiger charge is 2.13. The molecule has 0 heterocycles. The molecule has 0 aromatic heterocycles. The van der Waals surface area contributed by atoms with Crippen LogP contribution in [-0.2, 0) is 0 Å². The molecule has 2 rings (SSSR count). The van der Waals surface area contributed by atoms with Crippen LogP contribution >= 0.6 is 11.8 Å². The first-order valence-corrected chi connectivity index (χ1v) is 8.10. The molecule has 0 bridgehead atoms. The van der Waals surface area contributed by atoms with Gasteiger partial charge in [0, 0.05) is 30.1 Å². The Morgan fingerprint density at radius 1 is 0.917 bits per heavy atom. The van der Waals surface area contributed by atoms with Crippen LogP contribution in [0.1, 0.15) is 27.6 Å². The van der Waals surface area contributed by atoms with Gasteiger partial charge in [0.2, 0.25) is 0 Å².